The van der Waals surface area contributed by atoms with Gasteiger partial charge in [-0.25, -0.2) is 0 Å². The largest absolute Gasteiger partial charge is 0.309 e. The monoisotopic (exact) mass is 187 g/mol. The molecule has 0 aromatic heterocycles. The number of rotatable bonds is 4. The molecule has 0 aliphatic heterocycles. The van der Waals surface area contributed by atoms with Crippen molar-refractivity contribution in [3.8, 4) is 6.07 Å². The van der Waals surface area contributed by atoms with Gasteiger partial charge in [0.2, 0.25) is 0 Å². The SMILES string of the molecule is Cc1ccc(/C=N/NCCC#N)cc1. The Hall–Kier alpha value is -1.82. The highest BCUT2D eigenvalue weighted by Gasteiger charge is 1.86. The van der Waals surface area contributed by atoms with Gasteiger partial charge in [0.1, 0.15) is 0 Å². The number of benzene rings is 1. The Balaban J connectivity index is 2.37. The summed E-state index contributed by atoms with van der Waals surface area (Å²) in [5, 5.41) is 12.3. The number of hydrazone groups is 1. The molecule has 0 aliphatic rings. The summed E-state index contributed by atoms with van der Waals surface area (Å²) in [7, 11) is 0. The van der Waals surface area contributed by atoms with Crippen molar-refractivity contribution in [3.63, 3.8) is 0 Å². The van der Waals surface area contributed by atoms with Gasteiger partial charge in [-0.05, 0) is 12.5 Å². The predicted molar refractivity (Wildman–Crippen MR) is 57.0 cm³/mol. The van der Waals surface area contributed by atoms with Crippen LogP contribution in [0.15, 0.2) is 29.4 Å². The summed E-state index contributed by atoms with van der Waals surface area (Å²) in [4.78, 5) is 0. The van der Waals surface area contributed by atoms with Crippen LogP contribution in [-0.4, -0.2) is 12.8 Å². The number of nitrogens with zero attached hydrogens (tertiary/aromatic N) is 2. The second-order valence-electron chi connectivity index (χ2n) is 2.99. The molecule has 0 unspecified atom stereocenters. The van der Waals surface area contributed by atoms with Crippen molar-refractivity contribution in [3.05, 3.63) is 35.4 Å². The van der Waals surface area contributed by atoms with Crippen molar-refractivity contribution in [2.75, 3.05) is 6.54 Å². The number of hydrogen-bond donors (Lipinski definition) is 1. The summed E-state index contributed by atoms with van der Waals surface area (Å²) in [6.07, 6.45) is 2.22. The van der Waals surface area contributed by atoms with Crippen LogP contribution in [0, 0.1) is 18.3 Å². The Kier molecular flexibility index (Phi) is 4.22. The molecule has 3 nitrogen and oxygen atoms in total. The first-order chi connectivity index (χ1) is 6.83. The van der Waals surface area contributed by atoms with Gasteiger partial charge in [-0.2, -0.15) is 10.4 Å². The first kappa shape index (κ1) is 10.3. The van der Waals surface area contributed by atoms with Crippen LogP contribution in [0.3, 0.4) is 0 Å². The molecule has 1 aromatic carbocycles. The molecule has 0 aliphatic carbocycles. The molecule has 0 fully saturated rings. The quantitative estimate of drug-likeness (QED) is 0.444. The molecule has 1 N–H and O–H groups in total. The van der Waals surface area contributed by atoms with Crippen molar-refractivity contribution in [1.82, 2.24) is 5.43 Å². The Labute approximate surface area is 84.1 Å². The Morgan fingerprint density at radius 1 is 1.43 bits per heavy atom. The molecule has 1 aromatic rings. The third kappa shape index (κ3) is 3.72. The molecule has 14 heavy (non-hydrogen) atoms. The normalized spacial score (nSPS) is 10.0. The zero-order valence-corrected chi connectivity index (χ0v) is 8.20. The Bertz CT molecular complexity index is 333. The van der Waals surface area contributed by atoms with Gasteiger partial charge in [-0.3, -0.25) is 0 Å². The van der Waals surface area contributed by atoms with Gasteiger partial charge >= 0.3 is 0 Å². The summed E-state index contributed by atoms with van der Waals surface area (Å²) in [6, 6.07) is 10.1. The maximum atomic E-state index is 8.27. The van der Waals surface area contributed by atoms with E-state index in [0.29, 0.717) is 13.0 Å². The van der Waals surface area contributed by atoms with Crippen LogP contribution in [0.5, 0.6) is 0 Å². The van der Waals surface area contributed by atoms with E-state index >= 15 is 0 Å². The Morgan fingerprint density at radius 3 is 2.79 bits per heavy atom. The molecule has 1 rings (SSSR count). The lowest BCUT2D eigenvalue weighted by molar-refractivity contribution is 0.750. The third-order valence-corrected chi connectivity index (χ3v) is 1.73. The van der Waals surface area contributed by atoms with Crippen LogP contribution >= 0.6 is 0 Å². The highest BCUT2D eigenvalue weighted by molar-refractivity contribution is 5.79. The number of aryl methyl sites for hydroxylation is 1. The third-order valence-electron chi connectivity index (χ3n) is 1.73. The van der Waals surface area contributed by atoms with E-state index in [1.807, 2.05) is 37.3 Å². The smallest absolute Gasteiger partial charge is 0.0640 e. The van der Waals surface area contributed by atoms with E-state index in [9.17, 15) is 0 Å². The molecule has 0 saturated heterocycles. The molecule has 3 heteroatoms. The summed E-state index contributed by atoms with van der Waals surface area (Å²) in [6.45, 7) is 2.64. The molecule has 0 radical (unpaired) electrons. The summed E-state index contributed by atoms with van der Waals surface area (Å²) >= 11 is 0. The highest BCUT2D eigenvalue weighted by atomic mass is 15.3. The molecule has 0 saturated carbocycles. The number of nitrogens with one attached hydrogen (secondary N) is 1. The fourth-order valence-corrected chi connectivity index (χ4v) is 0.949. The highest BCUT2D eigenvalue weighted by Crippen LogP contribution is 1.99. The summed E-state index contributed by atoms with van der Waals surface area (Å²) in [5.74, 6) is 0. The van der Waals surface area contributed by atoms with Crippen molar-refractivity contribution in [1.29, 1.82) is 5.26 Å². The van der Waals surface area contributed by atoms with Gasteiger partial charge in [0.05, 0.1) is 18.7 Å². The van der Waals surface area contributed by atoms with Crippen molar-refractivity contribution >= 4 is 6.21 Å². The van der Waals surface area contributed by atoms with E-state index in [-0.39, 0.29) is 0 Å². The maximum absolute atomic E-state index is 8.27. The molecular formula is C11H13N3. The topological polar surface area (TPSA) is 48.2 Å². The van der Waals surface area contributed by atoms with Crippen LogP contribution < -0.4 is 5.43 Å². The summed E-state index contributed by atoms with van der Waals surface area (Å²) in [5.41, 5.74) is 5.09. The van der Waals surface area contributed by atoms with E-state index in [1.54, 1.807) is 6.21 Å². The summed E-state index contributed by atoms with van der Waals surface area (Å²) < 4.78 is 0. The lowest BCUT2D eigenvalue weighted by Gasteiger charge is -1.95. The van der Waals surface area contributed by atoms with Crippen LogP contribution in [0.4, 0.5) is 0 Å². The predicted octanol–water partition coefficient (Wildman–Crippen LogP) is 1.83. The zero-order valence-electron chi connectivity index (χ0n) is 8.20. The molecule has 0 atom stereocenters. The fraction of sp³-hybridized carbons (Fsp3) is 0.273. The van der Waals surface area contributed by atoms with E-state index in [0.717, 1.165) is 5.56 Å². The molecule has 72 valence electrons. The molecular weight excluding hydrogens is 174 g/mol. The lowest BCUT2D eigenvalue weighted by atomic mass is 10.2. The van der Waals surface area contributed by atoms with Gasteiger partial charge in [0, 0.05) is 6.54 Å². The average Bonchev–Trinajstić information content (AvgIpc) is 2.21. The average molecular weight is 187 g/mol. The minimum absolute atomic E-state index is 0.477. The molecule has 0 amide bonds. The van der Waals surface area contributed by atoms with E-state index in [1.165, 1.54) is 5.56 Å². The van der Waals surface area contributed by atoms with Gasteiger partial charge in [-0.1, -0.05) is 29.8 Å². The maximum Gasteiger partial charge on any atom is 0.0640 e. The minimum atomic E-state index is 0.477. The van der Waals surface area contributed by atoms with Gasteiger partial charge in [-0.15, -0.1) is 0 Å². The van der Waals surface area contributed by atoms with E-state index in [4.69, 9.17) is 5.26 Å². The molecule has 0 spiro atoms. The first-order valence-electron chi connectivity index (χ1n) is 4.52. The second-order valence-corrected chi connectivity index (χ2v) is 2.99. The second kappa shape index (κ2) is 5.76. The number of nitriles is 1. The molecule has 0 heterocycles. The Morgan fingerprint density at radius 2 is 2.14 bits per heavy atom. The van der Waals surface area contributed by atoms with Gasteiger partial charge < -0.3 is 5.43 Å². The van der Waals surface area contributed by atoms with E-state index < -0.39 is 0 Å². The standard InChI is InChI=1S/C11H13N3/c1-10-3-5-11(6-4-10)9-14-13-8-2-7-12/h3-6,9,13H,2,8H2,1H3/b14-9+. The van der Waals surface area contributed by atoms with Gasteiger partial charge in [0.25, 0.3) is 0 Å². The lowest BCUT2D eigenvalue weighted by Crippen LogP contribution is -2.06. The van der Waals surface area contributed by atoms with Crippen molar-refractivity contribution in [2.24, 2.45) is 5.10 Å². The first-order valence-corrected chi connectivity index (χ1v) is 4.52. The van der Waals surface area contributed by atoms with Crippen LogP contribution in [0.25, 0.3) is 0 Å². The van der Waals surface area contributed by atoms with Crippen molar-refractivity contribution < 1.29 is 0 Å². The molecule has 0 bridgehead atoms. The van der Waals surface area contributed by atoms with Crippen molar-refractivity contribution in [2.45, 2.75) is 13.3 Å². The zero-order chi connectivity index (χ0) is 10.2. The van der Waals surface area contributed by atoms with Gasteiger partial charge in [0.15, 0.2) is 0 Å². The van der Waals surface area contributed by atoms with Crippen LogP contribution in [0.2, 0.25) is 0 Å². The van der Waals surface area contributed by atoms with Crippen LogP contribution in [0.1, 0.15) is 17.5 Å². The van der Waals surface area contributed by atoms with Crippen LogP contribution in [-0.2, 0) is 0 Å². The minimum Gasteiger partial charge on any atom is -0.309 e. The van der Waals surface area contributed by atoms with E-state index in [2.05, 4.69) is 10.5 Å². The number of hydrogen-bond acceptors (Lipinski definition) is 3. The fourth-order valence-electron chi connectivity index (χ4n) is 0.949.